The molecule has 0 unspecified atom stereocenters. The van der Waals surface area contributed by atoms with Crippen molar-refractivity contribution in [2.75, 3.05) is 52.6 Å². The molecule has 1 aromatic rings. The molecule has 1 amide bonds. The molecule has 1 aromatic heterocycles. The van der Waals surface area contributed by atoms with E-state index in [-0.39, 0.29) is 5.91 Å². The Kier molecular flexibility index (Phi) is 4.29. The van der Waals surface area contributed by atoms with Crippen LogP contribution >= 0.6 is 0 Å². The molecule has 0 atom stereocenters. The van der Waals surface area contributed by atoms with Gasteiger partial charge in [-0.1, -0.05) is 5.16 Å². The third kappa shape index (κ3) is 3.17. The van der Waals surface area contributed by atoms with Crippen LogP contribution in [0.4, 0.5) is 0 Å². The van der Waals surface area contributed by atoms with E-state index in [0.717, 1.165) is 32.1 Å². The fraction of sp³-hybridized carbons (Fsp3) is 0.692. The second kappa shape index (κ2) is 6.34. The van der Waals surface area contributed by atoms with Gasteiger partial charge >= 0.3 is 0 Å². The fourth-order valence-corrected chi connectivity index (χ4v) is 2.40. The van der Waals surface area contributed by atoms with Crippen LogP contribution in [0, 0.1) is 0 Å². The van der Waals surface area contributed by atoms with Gasteiger partial charge in [-0.2, -0.15) is 0 Å². The normalized spacial score (nSPS) is 21.1. The molecule has 2 saturated heterocycles. The predicted octanol–water partition coefficient (Wildman–Crippen LogP) is -0.0208. The lowest BCUT2D eigenvalue weighted by Crippen LogP contribution is -2.40. The summed E-state index contributed by atoms with van der Waals surface area (Å²) in [5.74, 6) is 0.647. The van der Waals surface area contributed by atoms with Crippen molar-refractivity contribution in [2.24, 2.45) is 0 Å². The molecule has 0 aromatic carbocycles. The summed E-state index contributed by atoms with van der Waals surface area (Å²) >= 11 is 0. The number of rotatable bonds is 3. The monoisotopic (exact) mass is 281 g/mol. The van der Waals surface area contributed by atoms with Gasteiger partial charge in [-0.25, -0.2) is 0 Å². The maximum atomic E-state index is 12.2. The minimum absolute atomic E-state index is 0.0784. The van der Waals surface area contributed by atoms with Gasteiger partial charge in [0.2, 0.25) is 0 Å². The van der Waals surface area contributed by atoms with Crippen LogP contribution < -0.4 is 0 Å². The molecule has 0 N–H and O–H groups in total. The highest BCUT2D eigenvalue weighted by molar-refractivity contribution is 5.92. The standard InChI is InChI=1S/C13H19N3O4/c17-13(16-3-7-19-8-4-16)12-9-11(20-14-12)10-15-1-5-18-6-2-15/h9H,1-8,10H2. The van der Waals surface area contributed by atoms with Gasteiger partial charge in [0.25, 0.3) is 5.91 Å². The SMILES string of the molecule is O=C(c1cc(CN2CCOCC2)on1)N1CCOCC1. The lowest BCUT2D eigenvalue weighted by atomic mass is 10.3. The highest BCUT2D eigenvalue weighted by Crippen LogP contribution is 2.11. The van der Waals surface area contributed by atoms with Gasteiger partial charge < -0.3 is 18.9 Å². The number of ether oxygens (including phenoxy) is 2. The van der Waals surface area contributed by atoms with Gasteiger partial charge in [-0.3, -0.25) is 9.69 Å². The fourth-order valence-electron chi connectivity index (χ4n) is 2.40. The molecule has 0 aliphatic carbocycles. The van der Waals surface area contributed by atoms with Crippen molar-refractivity contribution in [1.82, 2.24) is 15.0 Å². The van der Waals surface area contributed by atoms with E-state index < -0.39 is 0 Å². The molecule has 20 heavy (non-hydrogen) atoms. The number of carbonyl (C=O) groups is 1. The average molecular weight is 281 g/mol. The average Bonchev–Trinajstić information content (AvgIpc) is 2.97. The van der Waals surface area contributed by atoms with Gasteiger partial charge in [0, 0.05) is 32.2 Å². The van der Waals surface area contributed by atoms with Crippen molar-refractivity contribution in [3.63, 3.8) is 0 Å². The molecule has 2 fully saturated rings. The number of amides is 1. The van der Waals surface area contributed by atoms with Gasteiger partial charge in [0.1, 0.15) is 0 Å². The summed E-state index contributed by atoms with van der Waals surface area (Å²) in [5, 5.41) is 3.89. The van der Waals surface area contributed by atoms with Crippen LogP contribution in [0.25, 0.3) is 0 Å². The van der Waals surface area contributed by atoms with Gasteiger partial charge in [0.15, 0.2) is 11.5 Å². The number of morpholine rings is 2. The number of hydrogen-bond acceptors (Lipinski definition) is 6. The number of nitrogens with zero attached hydrogens (tertiary/aromatic N) is 3. The number of aromatic nitrogens is 1. The molecule has 0 saturated carbocycles. The largest absolute Gasteiger partial charge is 0.379 e. The smallest absolute Gasteiger partial charge is 0.276 e. The molecular weight excluding hydrogens is 262 g/mol. The summed E-state index contributed by atoms with van der Waals surface area (Å²) in [6.45, 7) is 6.33. The summed E-state index contributed by atoms with van der Waals surface area (Å²) in [6, 6.07) is 1.74. The van der Waals surface area contributed by atoms with Crippen LogP contribution in [-0.4, -0.2) is 73.5 Å². The Morgan fingerprint density at radius 3 is 2.45 bits per heavy atom. The van der Waals surface area contributed by atoms with Crippen LogP contribution in [0.1, 0.15) is 16.2 Å². The molecular formula is C13H19N3O4. The summed E-state index contributed by atoms with van der Waals surface area (Å²) in [7, 11) is 0. The first-order chi connectivity index (χ1) is 9.83. The van der Waals surface area contributed by atoms with Crippen molar-refractivity contribution < 1.29 is 18.8 Å². The summed E-state index contributed by atoms with van der Waals surface area (Å²) in [4.78, 5) is 16.2. The summed E-state index contributed by atoms with van der Waals surface area (Å²) in [6.07, 6.45) is 0. The first kappa shape index (κ1) is 13.5. The highest BCUT2D eigenvalue weighted by Gasteiger charge is 2.22. The first-order valence-electron chi connectivity index (χ1n) is 6.95. The van der Waals surface area contributed by atoms with Crippen LogP contribution in [0.3, 0.4) is 0 Å². The van der Waals surface area contributed by atoms with Crippen LogP contribution in [0.15, 0.2) is 10.6 Å². The van der Waals surface area contributed by atoms with E-state index in [0.29, 0.717) is 38.5 Å². The van der Waals surface area contributed by atoms with E-state index >= 15 is 0 Å². The van der Waals surface area contributed by atoms with Crippen molar-refractivity contribution in [2.45, 2.75) is 6.54 Å². The van der Waals surface area contributed by atoms with Crippen molar-refractivity contribution in [3.05, 3.63) is 17.5 Å². The Hall–Kier alpha value is -1.44. The molecule has 7 nitrogen and oxygen atoms in total. The van der Waals surface area contributed by atoms with Crippen molar-refractivity contribution in [3.8, 4) is 0 Å². The lowest BCUT2D eigenvalue weighted by molar-refractivity contribution is 0.0293. The molecule has 0 spiro atoms. The maximum Gasteiger partial charge on any atom is 0.276 e. The molecule has 2 aliphatic rings. The minimum Gasteiger partial charge on any atom is -0.379 e. The molecule has 3 heterocycles. The number of carbonyl (C=O) groups excluding carboxylic acids is 1. The van der Waals surface area contributed by atoms with E-state index in [1.165, 1.54) is 0 Å². The molecule has 110 valence electrons. The molecule has 2 aliphatic heterocycles. The quantitative estimate of drug-likeness (QED) is 0.775. The maximum absolute atomic E-state index is 12.2. The third-order valence-electron chi connectivity index (χ3n) is 3.56. The van der Waals surface area contributed by atoms with Crippen LogP contribution in [-0.2, 0) is 16.0 Å². The van der Waals surface area contributed by atoms with E-state index in [4.69, 9.17) is 14.0 Å². The van der Waals surface area contributed by atoms with Crippen molar-refractivity contribution in [1.29, 1.82) is 0 Å². The zero-order chi connectivity index (χ0) is 13.8. The van der Waals surface area contributed by atoms with Gasteiger partial charge in [-0.05, 0) is 0 Å². The Balaban J connectivity index is 1.59. The van der Waals surface area contributed by atoms with Crippen LogP contribution in [0.2, 0.25) is 0 Å². The third-order valence-corrected chi connectivity index (χ3v) is 3.56. The Morgan fingerprint density at radius 1 is 1.10 bits per heavy atom. The van der Waals surface area contributed by atoms with Gasteiger partial charge in [-0.15, -0.1) is 0 Å². The van der Waals surface area contributed by atoms with E-state index in [2.05, 4.69) is 10.1 Å². The molecule has 0 radical (unpaired) electrons. The summed E-state index contributed by atoms with van der Waals surface area (Å²) in [5.41, 5.74) is 0.384. The lowest BCUT2D eigenvalue weighted by Gasteiger charge is -2.25. The predicted molar refractivity (Wildman–Crippen MR) is 69.3 cm³/mol. The minimum atomic E-state index is -0.0784. The first-order valence-corrected chi connectivity index (χ1v) is 6.95. The second-order valence-corrected chi connectivity index (χ2v) is 4.97. The highest BCUT2D eigenvalue weighted by atomic mass is 16.5. The summed E-state index contributed by atoms with van der Waals surface area (Å²) < 4.78 is 15.8. The Morgan fingerprint density at radius 2 is 1.75 bits per heavy atom. The zero-order valence-corrected chi connectivity index (χ0v) is 11.4. The number of hydrogen-bond donors (Lipinski definition) is 0. The molecule has 7 heteroatoms. The van der Waals surface area contributed by atoms with Crippen molar-refractivity contribution >= 4 is 5.91 Å². The molecule has 3 rings (SSSR count). The second-order valence-electron chi connectivity index (χ2n) is 4.97. The van der Waals surface area contributed by atoms with E-state index in [9.17, 15) is 4.79 Å². The van der Waals surface area contributed by atoms with E-state index in [1.54, 1.807) is 11.0 Å². The van der Waals surface area contributed by atoms with Crippen LogP contribution in [0.5, 0.6) is 0 Å². The molecule has 0 bridgehead atoms. The Bertz CT molecular complexity index is 450. The van der Waals surface area contributed by atoms with Gasteiger partial charge in [0.05, 0.1) is 33.0 Å². The zero-order valence-electron chi connectivity index (χ0n) is 11.4. The van der Waals surface area contributed by atoms with E-state index in [1.807, 2.05) is 0 Å². The topological polar surface area (TPSA) is 68.0 Å². The Labute approximate surface area is 117 Å².